The second-order valence-electron chi connectivity index (χ2n) is 6.15. The molecular weight excluding hydrogens is 370 g/mol. The summed E-state index contributed by atoms with van der Waals surface area (Å²) in [5, 5.41) is 0.482. The first-order valence-corrected chi connectivity index (χ1v) is 8.66. The average molecular weight is 386 g/mol. The Morgan fingerprint density at radius 2 is 1.44 bits per heavy atom. The largest absolute Gasteiger partial charge is 0.453 e. The van der Waals surface area contributed by atoms with Gasteiger partial charge in [-0.15, -0.1) is 0 Å². The van der Waals surface area contributed by atoms with Gasteiger partial charge in [-0.2, -0.15) is 0 Å². The van der Waals surface area contributed by atoms with Gasteiger partial charge in [-0.25, -0.2) is 4.79 Å². The molecule has 0 aliphatic carbocycles. The van der Waals surface area contributed by atoms with E-state index in [2.05, 4.69) is 0 Å². The van der Waals surface area contributed by atoms with Crippen LogP contribution < -0.4 is 0 Å². The van der Waals surface area contributed by atoms with E-state index in [0.717, 1.165) is 4.90 Å². The lowest BCUT2D eigenvalue weighted by Crippen LogP contribution is -2.45. The highest BCUT2D eigenvalue weighted by molar-refractivity contribution is 6.30. The maximum absolute atomic E-state index is 12.4. The molecule has 0 N–H and O–H groups in total. The van der Waals surface area contributed by atoms with Crippen LogP contribution in [0.5, 0.6) is 0 Å². The Labute approximate surface area is 160 Å². The van der Waals surface area contributed by atoms with Gasteiger partial charge in [-0.05, 0) is 50.2 Å². The molecule has 3 rings (SSSR count). The third kappa shape index (κ3) is 3.48. The van der Waals surface area contributed by atoms with E-state index in [0.29, 0.717) is 10.6 Å². The van der Waals surface area contributed by atoms with Crippen molar-refractivity contribution in [3.05, 3.63) is 70.2 Å². The minimum Gasteiger partial charge on any atom is -0.453 e. The molecule has 138 valence electrons. The number of esters is 1. The number of nitrogens with zero attached hydrogens (tertiary/aromatic N) is 1. The minimum atomic E-state index is -1.15. The molecule has 0 bridgehead atoms. The van der Waals surface area contributed by atoms with Gasteiger partial charge in [0.2, 0.25) is 5.78 Å². The number of carbonyl (C=O) groups is 4. The first-order valence-electron chi connectivity index (χ1n) is 8.28. The van der Waals surface area contributed by atoms with Crippen LogP contribution in [0.15, 0.2) is 48.5 Å². The number of amides is 2. The molecule has 7 heteroatoms. The Morgan fingerprint density at radius 1 is 0.926 bits per heavy atom. The van der Waals surface area contributed by atoms with E-state index >= 15 is 0 Å². The highest BCUT2D eigenvalue weighted by Gasteiger charge is 2.41. The van der Waals surface area contributed by atoms with Gasteiger partial charge >= 0.3 is 5.97 Å². The summed E-state index contributed by atoms with van der Waals surface area (Å²) >= 11 is 5.79. The van der Waals surface area contributed by atoms with Gasteiger partial charge in [-0.1, -0.05) is 23.7 Å². The van der Waals surface area contributed by atoms with Crippen molar-refractivity contribution >= 4 is 35.2 Å². The van der Waals surface area contributed by atoms with Crippen molar-refractivity contribution in [2.45, 2.75) is 26.0 Å². The van der Waals surface area contributed by atoms with Gasteiger partial charge in [0.25, 0.3) is 11.8 Å². The number of imide groups is 1. The molecule has 2 atom stereocenters. The molecule has 2 amide bonds. The Hall–Kier alpha value is -2.99. The summed E-state index contributed by atoms with van der Waals surface area (Å²) in [7, 11) is 0. The number of hydrogen-bond acceptors (Lipinski definition) is 5. The summed E-state index contributed by atoms with van der Waals surface area (Å²) in [5.41, 5.74) is 0.827. The Balaban J connectivity index is 1.71. The summed E-state index contributed by atoms with van der Waals surface area (Å²) in [6.45, 7) is 2.83. The van der Waals surface area contributed by atoms with Gasteiger partial charge in [0.05, 0.1) is 11.1 Å². The van der Waals surface area contributed by atoms with Crippen LogP contribution in [0.3, 0.4) is 0 Å². The Bertz CT molecular complexity index is 903. The van der Waals surface area contributed by atoms with Crippen LogP contribution in [-0.2, 0) is 9.53 Å². The third-order valence-electron chi connectivity index (χ3n) is 4.34. The number of hydrogen-bond donors (Lipinski definition) is 0. The lowest BCUT2D eigenvalue weighted by atomic mass is 10.1. The number of ketones is 1. The summed E-state index contributed by atoms with van der Waals surface area (Å²) < 4.78 is 5.20. The van der Waals surface area contributed by atoms with E-state index < -0.39 is 35.7 Å². The first kappa shape index (κ1) is 18.8. The van der Waals surface area contributed by atoms with Gasteiger partial charge in [0, 0.05) is 10.6 Å². The van der Waals surface area contributed by atoms with Gasteiger partial charge in [0.1, 0.15) is 6.04 Å². The predicted molar refractivity (Wildman–Crippen MR) is 97.7 cm³/mol. The van der Waals surface area contributed by atoms with Crippen LogP contribution in [-0.4, -0.2) is 40.6 Å². The maximum atomic E-state index is 12.4. The number of carbonyl (C=O) groups excluding carboxylic acids is 4. The quantitative estimate of drug-likeness (QED) is 0.448. The van der Waals surface area contributed by atoms with E-state index in [-0.39, 0.29) is 11.1 Å². The fraction of sp³-hybridized carbons (Fsp3) is 0.200. The number of fused-ring (bicyclic) bond motifs is 1. The second kappa shape index (κ2) is 7.32. The number of halogens is 1. The van der Waals surface area contributed by atoms with Gasteiger partial charge in [0.15, 0.2) is 6.10 Å². The van der Waals surface area contributed by atoms with E-state index in [4.69, 9.17) is 16.3 Å². The molecule has 27 heavy (non-hydrogen) atoms. The maximum Gasteiger partial charge on any atom is 0.329 e. The monoisotopic (exact) mass is 385 g/mol. The SMILES string of the molecule is C[C@H](OC(=O)[C@@H](C)N1C(=O)c2ccccc2C1=O)C(=O)c1ccc(Cl)cc1. The zero-order valence-electron chi connectivity index (χ0n) is 14.6. The molecule has 0 fully saturated rings. The molecule has 0 spiro atoms. The lowest BCUT2D eigenvalue weighted by Gasteiger charge is -2.22. The second-order valence-corrected chi connectivity index (χ2v) is 6.59. The van der Waals surface area contributed by atoms with E-state index in [1.54, 1.807) is 24.3 Å². The van der Waals surface area contributed by atoms with Crippen LogP contribution in [0.4, 0.5) is 0 Å². The summed E-state index contributed by atoms with van der Waals surface area (Å²) in [6, 6.07) is 11.4. The van der Waals surface area contributed by atoms with Crippen LogP contribution >= 0.6 is 11.6 Å². The number of Topliss-reactive ketones (excluding diaryl/α,β-unsaturated/α-hetero) is 1. The molecule has 0 radical (unpaired) electrons. The summed E-state index contributed by atoms with van der Waals surface area (Å²) in [5.74, 6) is -2.36. The molecule has 0 saturated heterocycles. The van der Waals surface area contributed by atoms with Crippen LogP contribution in [0.25, 0.3) is 0 Å². The first-order chi connectivity index (χ1) is 12.8. The molecule has 1 aliphatic heterocycles. The number of ether oxygens (including phenoxy) is 1. The van der Waals surface area contributed by atoms with Crippen molar-refractivity contribution in [1.82, 2.24) is 4.90 Å². The fourth-order valence-corrected chi connectivity index (χ4v) is 2.97. The number of benzene rings is 2. The molecule has 6 nitrogen and oxygen atoms in total. The van der Waals surface area contributed by atoms with E-state index in [1.807, 2.05) is 0 Å². The van der Waals surface area contributed by atoms with Crippen LogP contribution in [0, 0.1) is 0 Å². The van der Waals surface area contributed by atoms with Crippen molar-refractivity contribution in [2.75, 3.05) is 0 Å². The van der Waals surface area contributed by atoms with E-state index in [9.17, 15) is 19.2 Å². The Morgan fingerprint density at radius 3 is 1.96 bits per heavy atom. The standard InChI is InChI=1S/C20H16ClNO5/c1-11(22-18(24)15-5-3-4-6-16(15)19(22)25)20(26)27-12(2)17(23)13-7-9-14(21)10-8-13/h3-12H,1-2H3/t11-,12+/m1/s1. The third-order valence-corrected chi connectivity index (χ3v) is 4.60. The van der Waals surface area contributed by atoms with E-state index in [1.165, 1.54) is 38.1 Å². The fourth-order valence-electron chi connectivity index (χ4n) is 2.84. The number of rotatable bonds is 5. The van der Waals surface area contributed by atoms with Crippen molar-refractivity contribution in [1.29, 1.82) is 0 Å². The topological polar surface area (TPSA) is 80.8 Å². The molecule has 1 aliphatic rings. The van der Waals surface area contributed by atoms with Crippen molar-refractivity contribution in [3.8, 4) is 0 Å². The van der Waals surface area contributed by atoms with Crippen molar-refractivity contribution < 1.29 is 23.9 Å². The van der Waals surface area contributed by atoms with Gasteiger partial charge < -0.3 is 4.74 Å². The predicted octanol–water partition coefficient (Wildman–Crippen LogP) is 3.14. The molecule has 0 saturated carbocycles. The zero-order valence-corrected chi connectivity index (χ0v) is 15.4. The van der Waals surface area contributed by atoms with Crippen molar-refractivity contribution in [2.24, 2.45) is 0 Å². The average Bonchev–Trinajstić information content (AvgIpc) is 2.92. The van der Waals surface area contributed by atoms with Crippen LogP contribution in [0.2, 0.25) is 5.02 Å². The minimum absolute atomic E-state index is 0.243. The highest BCUT2D eigenvalue weighted by atomic mass is 35.5. The van der Waals surface area contributed by atoms with Gasteiger partial charge in [-0.3, -0.25) is 19.3 Å². The summed E-state index contributed by atoms with van der Waals surface area (Å²) in [6.07, 6.45) is -1.07. The van der Waals surface area contributed by atoms with Crippen LogP contribution in [0.1, 0.15) is 44.9 Å². The molecule has 2 aromatic carbocycles. The Kier molecular flexibility index (Phi) is 5.10. The highest BCUT2D eigenvalue weighted by Crippen LogP contribution is 2.25. The summed E-state index contributed by atoms with van der Waals surface area (Å²) in [4.78, 5) is 50.5. The molecular formula is C20H16ClNO5. The smallest absolute Gasteiger partial charge is 0.329 e. The molecule has 0 aromatic heterocycles. The molecule has 1 heterocycles. The zero-order chi connectivity index (χ0) is 19.7. The molecule has 0 unspecified atom stereocenters. The normalized spacial score (nSPS) is 15.3. The van der Waals surface area contributed by atoms with Crippen molar-refractivity contribution in [3.63, 3.8) is 0 Å². The lowest BCUT2D eigenvalue weighted by molar-refractivity contribution is -0.150. The molecule has 2 aromatic rings.